The summed E-state index contributed by atoms with van der Waals surface area (Å²) < 4.78 is 10.5. The quantitative estimate of drug-likeness (QED) is 0.626. The number of Topliss-reactive ketones (excluding diaryl/α,β-unsaturated/α-hetero) is 1. The molecule has 4 fully saturated rings. The average molecular weight is 300 g/mol. The summed E-state index contributed by atoms with van der Waals surface area (Å²) in [4.78, 5) is 35.5. The van der Waals surface area contributed by atoms with Crippen molar-refractivity contribution >= 4 is 17.7 Å². The maximum atomic E-state index is 12.4. The Morgan fingerprint density at radius 2 is 1.91 bits per heavy atom. The van der Waals surface area contributed by atoms with E-state index in [9.17, 15) is 14.4 Å². The molecule has 1 aromatic carbocycles. The van der Waals surface area contributed by atoms with Gasteiger partial charge in [-0.1, -0.05) is 18.2 Å². The van der Waals surface area contributed by atoms with E-state index in [-0.39, 0.29) is 54.4 Å². The maximum Gasteiger partial charge on any atom is 0.312 e. The predicted octanol–water partition coefficient (Wildman–Crippen LogP) is 1.75. The fraction of sp³-hybridized carbons (Fsp3) is 0.471. The molecule has 2 bridgehead atoms. The summed E-state index contributed by atoms with van der Waals surface area (Å²) in [6.07, 6.45) is 0.0851. The molecular formula is C17H16O5. The van der Waals surface area contributed by atoms with E-state index in [4.69, 9.17) is 9.47 Å². The monoisotopic (exact) mass is 300 g/mol. The summed E-state index contributed by atoms with van der Waals surface area (Å²) in [6, 6.07) is 8.86. The number of hydrogen-bond acceptors (Lipinski definition) is 5. The van der Waals surface area contributed by atoms with Crippen LogP contribution in [-0.4, -0.2) is 23.8 Å². The van der Waals surface area contributed by atoms with Gasteiger partial charge in [-0.25, -0.2) is 0 Å². The molecule has 4 aliphatic rings. The molecule has 22 heavy (non-hydrogen) atoms. The number of rotatable bonds is 4. The van der Waals surface area contributed by atoms with Gasteiger partial charge in [-0.15, -0.1) is 0 Å². The molecule has 5 nitrogen and oxygen atoms in total. The molecule has 0 heterocycles. The number of esters is 2. The standard InChI is InChI=1S/C17H16O5/c1-9(18)21-11-7-12(19)17(15-14(11)16(15)17)8-13(20)22-10-5-3-2-4-6-10/h2-6,11,14-16H,7-8H2,1H3. The molecule has 5 rings (SSSR count). The Bertz CT molecular complexity index is 655. The molecule has 5 heteroatoms. The van der Waals surface area contributed by atoms with Crippen LogP contribution < -0.4 is 4.74 Å². The Morgan fingerprint density at radius 3 is 2.50 bits per heavy atom. The smallest absolute Gasteiger partial charge is 0.312 e. The number of ketones is 1. The third-order valence-corrected chi connectivity index (χ3v) is 5.22. The van der Waals surface area contributed by atoms with Gasteiger partial charge in [-0.05, 0) is 24.0 Å². The first-order valence-electron chi connectivity index (χ1n) is 7.50. The highest BCUT2D eigenvalue weighted by molar-refractivity contribution is 5.97. The summed E-state index contributed by atoms with van der Waals surface area (Å²) in [6.45, 7) is 1.36. The summed E-state index contributed by atoms with van der Waals surface area (Å²) in [7, 11) is 0. The van der Waals surface area contributed by atoms with Crippen molar-refractivity contribution in [2.75, 3.05) is 0 Å². The zero-order valence-electron chi connectivity index (χ0n) is 12.2. The molecule has 0 aromatic heterocycles. The molecule has 3 unspecified atom stereocenters. The van der Waals surface area contributed by atoms with Crippen molar-refractivity contribution in [3.63, 3.8) is 0 Å². The molecule has 0 N–H and O–H groups in total. The van der Waals surface area contributed by atoms with E-state index in [1.165, 1.54) is 6.92 Å². The lowest BCUT2D eigenvalue weighted by Crippen LogP contribution is -2.44. The molecule has 4 saturated carbocycles. The third kappa shape index (κ3) is 1.81. The summed E-state index contributed by atoms with van der Waals surface area (Å²) in [5.41, 5.74) is -0.521. The van der Waals surface area contributed by atoms with Gasteiger partial charge in [0.2, 0.25) is 0 Å². The number of carbonyl (C=O) groups is 3. The Morgan fingerprint density at radius 1 is 1.23 bits per heavy atom. The van der Waals surface area contributed by atoms with Gasteiger partial charge in [0.15, 0.2) is 0 Å². The molecule has 0 aliphatic heterocycles. The molecule has 1 aromatic rings. The van der Waals surface area contributed by atoms with Gasteiger partial charge in [0.1, 0.15) is 17.6 Å². The Hall–Kier alpha value is -2.17. The third-order valence-electron chi connectivity index (χ3n) is 5.22. The molecular weight excluding hydrogens is 284 g/mol. The Kier molecular flexibility index (Phi) is 2.71. The molecule has 0 spiro atoms. The first kappa shape index (κ1) is 13.5. The number of para-hydroxylation sites is 1. The second-order valence-corrected chi connectivity index (χ2v) is 6.41. The van der Waals surface area contributed by atoms with Crippen LogP contribution in [0.1, 0.15) is 19.8 Å². The lowest BCUT2D eigenvalue weighted by Gasteiger charge is -2.35. The number of hydrogen-bond donors (Lipinski definition) is 0. The Labute approximate surface area is 127 Å². The van der Waals surface area contributed by atoms with Crippen LogP contribution in [0.5, 0.6) is 5.75 Å². The van der Waals surface area contributed by atoms with Crippen LogP contribution >= 0.6 is 0 Å². The lowest BCUT2D eigenvalue weighted by atomic mass is 9.71. The van der Waals surface area contributed by atoms with Gasteiger partial charge in [0, 0.05) is 24.7 Å². The average Bonchev–Trinajstić information content (AvgIpc) is 3.33. The van der Waals surface area contributed by atoms with E-state index in [1.54, 1.807) is 24.3 Å². The SMILES string of the molecule is CC(=O)OC1CC(=O)C2(CC(=O)Oc3ccccc3)C3C1C32. The van der Waals surface area contributed by atoms with Gasteiger partial charge in [0.05, 0.1) is 6.42 Å². The molecule has 4 aliphatic carbocycles. The van der Waals surface area contributed by atoms with Crippen LogP contribution in [0.2, 0.25) is 0 Å². The van der Waals surface area contributed by atoms with E-state index >= 15 is 0 Å². The predicted molar refractivity (Wildman–Crippen MR) is 74.8 cm³/mol. The van der Waals surface area contributed by atoms with Gasteiger partial charge < -0.3 is 9.47 Å². The first-order chi connectivity index (χ1) is 10.5. The van der Waals surface area contributed by atoms with Crippen molar-refractivity contribution in [1.82, 2.24) is 0 Å². The van der Waals surface area contributed by atoms with Crippen LogP contribution in [0.3, 0.4) is 0 Å². The molecule has 0 radical (unpaired) electrons. The van der Waals surface area contributed by atoms with Crippen LogP contribution in [0.4, 0.5) is 0 Å². The minimum Gasteiger partial charge on any atom is -0.462 e. The molecule has 0 saturated heterocycles. The summed E-state index contributed by atoms with van der Waals surface area (Å²) >= 11 is 0. The highest BCUT2D eigenvalue weighted by atomic mass is 16.5. The largest absolute Gasteiger partial charge is 0.462 e. The fourth-order valence-corrected chi connectivity index (χ4v) is 4.31. The van der Waals surface area contributed by atoms with Crippen LogP contribution in [0, 0.1) is 23.2 Å². The van der Waals surface area contributed by atoms with Crippen LogP contribution in [0.15, 0.2) is 30.3 Å². The van der Waals surface area contributed by atoms with E-state index in [1.807, 2.05) is 6.07 Å². The van der Waals surface area contributed by atoms with Crippen molar-refractivity contribution in [2.45, 2.75) is 25.9 Å². The fourth-order valence-electron chi connectivity index (χ4n) is 4.31. The van der Waals surface area contributed by atoms with Crippen molar-refractivity contribution < 1.29 is 23.9 Å². The number of fused-ring (bicyclic) bond motifs is 2. The van der Waals surface area contributed by atoms with E-state index in [0.29, 0.717) is 5.75 Å². The van der Waals surface area contributed by atoms with Crippen LogP contribution in [-0.2, 0) is 19.1 Å². The molecule has 0 amide bonds. The van der Waals surface area contributed by atoms with Crippen molar-refractivity contribution in [2.24, 2.45) is 23.2 Å². The highest BCUT2D eigenvalue weighted by Crippen LogP contribution is 2.87. The van der Waals surface area contributed by atoms with Crippen molar-refractivity contribution in [3.05, 3.63) is 30.3 Å². The molecule has 3 atom stereocenters. The topological polar surface area (TPSA) is 69.7 Å². The second-order valence-electron chi connectivity index (χ2n) is 6.41. The summed E-state index contributed by atoms with van der Waals surface area (Å²) in [5, 5.41) is 0. The van der Waals surface area contributed by atoms with Gasteiger partial charge in [-0.2, -0.15) is 0 Å². The summed E-state index contributed by atoms with van der Waals surface area (Å²) in [5.74, 6) is 0.516. The normalized spacial score (nSPS) is 37.0. The van der Waals surface area contributed by atoms with Gasteiger partial charge in [0.25, 0.3) is 0 Å². The van der Waals surface area contributed by atoms with Crippen molar-refractivity contribution in [3.8, 4) is 5.75 Å². The number of benzene rings is 1. The van der Waals surface area contributed by atoms with E-state index in [0.717, 1.165) is 0 Å². The number of ether oxygens (including phenoxy) is 2. The van der Waals surface area contributed by atoms with Crippen molar-refractivity contribution in [1.29, 1.82) is 0 Å². The maximum absolute atomic E-state index is 12.4. The van der Waals surface area contributed by atoms with Gasteiger partial charge >= 0.3 is 11.9 Å². The Balaban J connectivity index is 1.39. The highest BCUT2D eigenvalue weighted by Gasteiger charge is 2.90. The zero-order chi connectivity index (χ0) is 15.5. The van der Waals surface area contributed by atoms with Gasteiger partial charge in [-0.3, -0.25) is 14.4 Å². The lowest BCUT2D eigenvalue weighted by molar-refractivity contribution is -0.158. The minimum absolute atomic E-state index is 0.0428. The van der Waals surface area contributed by atoms with E-state index < -0.39 is 5.41 Å². The molecule has 114 valence electrons. The van der Waals surface area contributed by atoms with Crippen LogP contribution in [0.25, 0.3) is 0 Å². The first-order valence-corrected chi connectivity index (χ1v) is 7.50. The zero-order valence-corrected chi connectivity index (χ0v) is 12.2. The van der Waals surface area contributed by atoms with E-state index in [2.05, 4.69) is 0 Å². The minimum atomic E-state index is -0.521. The second kappa shape index (κ2) is 4.41. The number of carbonyl (C=O) groups excluding carboxylic acids is 3.